The number of hydrogen-bond acceptors (Lipinski definition) is 3. The number of carbonyl (C=O) groups is 1. The molecule has 4 aliphatic rings. The topological polar surface area (TPSA) is 46.5 Å². The van der Waals surface area contributed by atoms with Crippen molar-refractivity contribution in [1.82, 2.24) is 0 Å². The third-order valence-electron chi connectivity index (χ3n) is 10.9. The maximum Gasteiger partial charge on any atom is 0.166 e. The van der Waals surface area contributed by atoms with E-state index in [9.17, 15) is 9.90 Å². The van der Waals surface area contributed by atoms with Crippen LogP contribution in [0.1, 0.15) is 93.1 Å². The average Bonchev–Trinajstić information content (AvgIpc) is 3.10. The van der Waals surface area contributed by atoms with E-state index in [0.717, 1.165) is 44.3 Å². The van der Waals surface area contributed by atoms with Crippen LogP contribution in [-0.4, -0.2) is 30.2 Å². The number of ketones is 1. The summed E-state index contributed by atoms with van der Waals surface area (Å²) in [5.41, 5.74) is 3.13. The Kier molecular flexibility index (Phi) is 5.85. The van der Waals surface area contributed by atoms with Gasteiger partial charge in [-0.2, -0.15) is 0 Å². The van der Waals surface area contributed by atoms with E-state index in [4.69, 9.17) is 4.74 Å². The molecular formula is C30H44O3. The molecule has 5 rings (SSSR count). The monoisotopic (exact) mass is 452 g/mol. The SMILES string of the molecule is COC[C@]12CC[C@@](C)(O)C[C@@H]1CC[C@H]1[C@@H]3CC[C@H](C(=O)c4cc(C)cc(C)c4)[C@@]3(C)CC[C@@H]12. The first-order valence-corrected chi connectivity index (χ1v) is 13.4. The number of aryl methyl sites for hydroxylation is 2. The standard InChI is InChI=1S/C30H44O3/c1-19-14-20(2)16-21(15-19)27(31)26-9-8-24-23-7-6-22-17-28(3,32)12-13-30(22,18-33-5)25(23)10-11-29(24,26)4/h14-16,22-26,32H,6-13,17-18H2,1-5H3/t22-,23-,24-,25-,26+,28+,29-,30+/m0/s1. The molecule has 0 heterocycles. The Balaban J connectivity index is 1.43. The van der Waals surface area contributed by atoms with Crippen molar-refractivity contribution in [2.45, 2.75) is 91.1 Å². The Labute approximate surface area is 200 Å². The Morgan fingerprint density at radius 3 is 2.39 bits per heavy atom. The van der Waals surface area contributed by atoms with Crippen LogP contribution < -0.4 is 0 Å². The van der Waals surface area contributed by atoms with Crippen molar-refractivity contribution in [2.75, 3.05) is 13.7 Å². The van der Waals surface area contributed by atoms with Gasteiger partial charge < -0.3 is 9.84 Å². The van der Waals surface area contributed by atoms with Crippen LogP contribution in [0, 0.1) is 54.3 Å². The minimum atomic E-state index is -0.519. The molecule has 1 aromatic carbocycles. The van der Waals surface area contributed by atoms with Crippen LogP contribution in [0.4, 0.5) is 0 Å². The highest BCUT2D eigenvalue weighted by molar-refractivity contribution is 5.99. The Morgan fingerprint density at radius 2 is 1.70 bits per heavy atom. The van der Waals surface area contributed by atoms with Gasteiger partial charge in [0.25, 0.3) is 0 Å². The maximum atomic E-state index is 13.8. The molecule has 1 N–H and O–H groups in total. The van der Waals surface area contributed by atoms with Crippen molar-refractivity contribution < 1.29 is 14.6 Å². The van der Waals surface area contributed by atoms with Gasteiger partial charge in [0.2, 0.25) is 0 Å². The Morgan fingerprint density at radius 1 is 0.970 bits per heavy atom. The van der Waals surface area contributed by atoms with Crippen LogP contribution in [0.2, 0.25) is 0 Å². The fourth-order valence-electron chi connectivity index (χ4n) is 9.53. The van der Waals surface area contributed by atoms with Gasteiger partial charge in [-0.15, -0.1) is 0 Å². The molecule has 4 saturated carbocycles. The van der Waals surface area contributed by atoms with E-state index < -0.39 is 5.60 Å². The van der Waals surface area contributed by atoms with E-state index >= 15 is 0 Å². The lowest BCUT2D eigenvalue weighted by atomic mass is 9.43. The summed E-state index contributed by atoms with van der Waals surface area (Å²) in [5.74, 6) is 3.15. The van der Waals surface area contributed by atoms with E-state index in [0.29, 0.717) is 29.5 Å². The minimum Gasteiger partial charge on any atom is -0.390 e. The van der Waals surface area contributed by atoms with Crippen LogP contribution in [0.15, 0.2) is 18.2 Å². The number of methoxy groups -OCH3 is 1. The van der Waals surface area contributed by atoms with E-state index in [1.807, 2.05) is 14.0 Å². The number of carbonyl (C=O) groups excluding carboxylic acids is 1. The zero-order chi connectivity index (χ0) is 23.6. The van der Waals surface area contributed by atoms with Crippen LogP contribution >= 0.6 is 0 Å². The highest BCUT2D eigenvalue weighted by Crippen LogP contribution is 2.68. The molecule has 0 saturated heterocycles. The number of Topliss-reactive ketones (excluding diaryl/α,β-unsaturated/α-hetero) is 1. The van der Waals surface area contributed by atoms with Crippen LogP contribution in [0.25, 0.3) is 0 Å². The van der Waals surface area contributed by atoms with E-state index in [1.165, 1.54) is 36.8 Å². The normalized spacial score (nSPS) is 44.6. The van der Waals surface area contributed by atoms with Gasteiger partial charge in [-0.1, -0.05) is 24.1 Å². The number of ether oxygens (including phenoxy) is 1. The van der Waals surface area contributed by atoms with Crippen LogP contribution in [-0.2, 0) is 4.74 Å². The molecule has 33 heavy (non-hydrogen) atoms. The molecular weight excluding hydrogens is 408 g/mol. The highest BCUT2D eigenvalue weighted by Gasteiger charge is 2.63. The van der Waals surface area contributed by atoms with Crippen molar-refractivity contribution in [3.63, 3.8) is 0 Å². The second-order valence-corrected chi connectivity index (χ2v) is 12.9. The third-order valence-corrected chi connectivity index (χ3v) is 10.9. The largest absolute Gasteiger partial charge is 0.390 e. The molecule has 4 fully saturated rings. The lowest BCUT2D eigenvalue weighted by molar-refractivity contribution is -0.173. The van der Waals surface area contributed by atoms with Crippen molar-refractivity contribution in [3.05, 3.63) is 34.9 Å². The zero-order valence-corrected chi connectivity index (χ0v) is 21.5. The Bertz CT molecular complexity index is 899. The number of benzene rings is 1. The molecule has 0 bridgehead atoms. The summed E-state index contributed by atoms with van der Waals surface area (Å²) in [5, 5.41) is 10.8. The smallest absolute Gasteiger partial charge is 0.166 e. The first kappa shape index (κ1) is 23.5. The summed E-state index contributed by atoms with van der Waals surface area (Å²) in [6.07, 6.45) is 10.0. The van der Waals surface area contributed by atoms with Gasteiger partial charge in [-0.05, 0) is 125 Å². The van der Waals surface area contributed by atoms with E-state index in [-0.39, 0.29) is 16.7 Å². The quantitative estimate of drug-likeness (QED) is 0.529. The summed E-state index contributed by atoms with van der Waals surface area (Å²) >= 11 is 0. The molecule has 3 nitrogen and oxygen atoms in total. The van der Waals surface area contributed by atoms with Gasteiger partial charge in [0.1, 0.15) is 0 Å². The van der Waals surface area contributed by atoms with Crippen molar-refractivity contribution >= 4 is 5.78 Å². The van der Waals surface area contributed by atoms with Gasteiger partial charge in [-0.3, -0.25) is 4.79 Å². The fraction of sp³-hybridized carbons (Fsp3) is 0.767. The summed E-state index contributed by atoms with van der Waals surface area (Å²) in [4.78, 5) is 13.8. The van der Waals surface area contributed by atoms with Crippen molar-refractivity contribution in [2.24, 2.45) is 40.4 Å². The summed E-state index contributed by atoms with van der Waals surface area (Å²) in [7, 11) is 1.86. The molecule has 0 aromatic heterocycles. The second kappa shape index (κ2) is 8.19. The predicted octanol–water partition coefficient (Wildman–Crippen LogP) is 6.52. The number of aliphatic hydroxyl groups is 1. The van der Waals surface area contributed by atoms with Gasteiger partial charge >= 0.3 is 0 Å². The van der Waals surface area contributed by atoms with Crippen molar-refractivity contribution in [3.8, 4) is 0 Å². The number of rotatable bonds is 4. The summed E-state index contributed by atoms with van der Waals surface area (Å²) in [6, 6.07) is 6.37. The van der Waals surface area contributed by atoms with Gasteiger partial charge in [0.05, 0.1) is 12.2 Å². The first-order valence-electron chi connectivity index (χ1n) is 13.4. The number of fused-ring (bicyclic) bond motifs is 5. The van der Waals surface area contributed by atoms with Crippen LogP contribution in [0.3, 0.4) is 0 Å². The van der Waals surface area contributed by atoms with E-state index in [1.54, 1.807) is 0 Å². The first-order chi connectivity index (χ1) is 15.6. The molecule has 8 atom stereocenters. The minimum absolute atomic E-state index is 0.122. The van der Waals surface area contributed by atoms with Gasteiger partial charge in [0.15, 0.2) is 5.78 Å². The lowest BCUT2D eigenvalue weighted by Crippen LogP contribution is -2.58. The average molecular weight is 453 g/mol. The van der Waals surface area contributed by atoms with Crippen molar-refractivity contribution in [1.29, 1.82) is 0 Å². The molecule has 4 aliphatic carbocycles. The lowest BCUT2D eigenvalue weighted by Gasteiger charge is -2.62. The highest BCUT2D eigenvalue weighted by atomic mass is 16.5. The summed E-state index contributed by atoms with van der Waals surface area (Å²) < 4.78 is 5.90. The molecule has 182 valence electrons. The fourth-order valence-corrected chi connectivity index (χ4v) is 9.53. The molecule has 1 aromatic rings. The molecule has 0 unspecified atom stereocenters. The van der Waals surface area contributed by atoms with Crippen LogP contribution in [0.5, 0.6) is 0 Å². The molecule has 0 radical (unpaired) electrons. The molecule has 3 heteroatoms. The summed E-state index contributed by atoms with van der Waals surface area (Å²) in [6.45, 7) is 9.52. The Hall–Kier alpha value is -1.19. The second-order valence-electron chi connectivity index (χ2n) is 12.9. The maximum absolute atomic E-state index is 13.8. The zero-order valence-electron chi connectivity index (χ0n) is 21.5. The number of hydrogen-bond donors (Lipinski definition) is 1. The molecule has 0 aliphatic heterocycles. The molecule has 0 amide bonds. The van der Waals surface area contributed by atoms with Gasteiger partial charge in [-0.25, -0.2) is 0 Å². The predicted molar refractivity (Wildman–Crippen MR) is 132 cm³/mol. The third kappa shape index (κ3) is 3.73. The molecule has 0 spiro atoms. The van der Waals surface area contributed by atoms with Gasteiger partial charge in [0, 0.05) is 18.6 Å². The van der Waals surface area contributed by atoms with E-state index in [2.05, 4.69) is 39.0 Å².